The second kappa shape index (κ2) is 7.99. The van der Waals surface area contributed by atoms with Crippen molar-refractivity contribution < 1.29 is 17.9 Å². The molecule has 2 N–H and O–H groups in total. The van der Waals surface area contributed by atoms with Gasteiger partial charge in [-0.25, -0.2) is 13.4 Å². The van der Waals surface area contributed by atoms with Crippen molar-refractivity contribution >= 4 is 38.1 Å². The second-order valence-corrected chi connectivity index (χ2v) is 8.69. The Bertz CT molecular complexity index is 1110. The minimum atomic E-state index is -3.77. The van der Waals surface area contributed by atoms with Crippen LogP contribution in [-0.4, -0.2) is 26.4 Å². The summed E-state index contributed by atoms with van der Waals surface area (Å²) in [7, 11) is -2.24. The normalized spacial score (nSPS) is 11.1. The van der Waals surface area contributed by atoms with Crippen molar-refractivity contribution in [3.8, 4) is 5.75 Å². The number of methoxy groups -OCH3 is 1. The van der Waals surface area contributed by atoms with Gasteiger partial charge in [-0.05, 0) is 43.7 Å². The molecule has 9 heteroatoms. The fourth-order valence-electron chi connectivity index (χ4n) is 2.51. The average Bonchev–Trinajstić information content (AvgIpc) is 3.03. The number of hydrogen-bond donors (Lipinski definition) is 2. The lowest BCUT2D eigenvalue weighted by atomic mass is 10.2. The van der Waals surface area contributed by atoms with Gasteiger partial charge in [0, 0.05) is 0 Å². The maximum Gasteiger partial charge on any atom is 0.267 e. The van der Waals surface area contributed by atoms with Crippen LogP contribution in [0, 0.1) is 13.8 Å². The zero-order valence-electron chi connectivity index (χ0n) is 15.5. The van der Waals surface area contributed by atoms with E-state index in [4.69, 9.17) is 4.74 Å². The number of carbonyl (C=O) groups is 1. The lowest BCUT2D eigenvalue weighted by molar-refractivity contribution is 0.102. The van der Waals surface area contributed by atoms with E-state index in [-0.39, 0.29) is 15.9 Å². The average molecular weight is 418 g/mol. The summed E-state index contributed by atoms with van der Waals surface area (Å²) < 4.78 is 32.6. The molecule has 0 radical (unpaired) electrons. The summed E-state index contributed by atoms with van der Waals surface area (Å²) in [6.45, 7) is 3.57. The van der Waals surface area contributed by atoms with Gasteiger partial charge in [-0.15, -0.1) is 0 Å². The Kier molecular flexibility index (Phi) is 5.66. The van der Waals surface area contributed by atoms with Crippen molar-refractivity contribution in [2.75, 3.05) is 17.1 Å². The summed E-state index contributed by atoms with van der Waals surface area (Å²) in [5.41, 5.74) is 1.96. The summed E-state index contributed by atoms with van der Waals surface area (Å²) in [6.07, 6.45) is 0. The number of anilines is 2. The molecule has 0 bridgehead atoms. The van der Waals surface area contributed by atoms with Gasteiger partial charge in [0.1, 0.15) is 10.6 Å². The molecule has 0 saturated carbocycles. The molecular weight excluding hydrogens is 398 g/mol. The molecule has 0 aliphatic carbocycles. The highest BCUT2D eigenvalue weighted by Crippen LogP contribution is 2.29. The largest absolute Gasteiger partial charge is 0.495 e. The Morgan fingerprint density at radius 3 is 2.50 bits per heavy atom. The van der Waals surface area contributed by atoms with E-state index in [0.717, 1.165) is 16.9 Å². The first kappa shape index (κ1) is 19.8. The first-order chi connectivity index (χ1) is 13.3. The third-order valence-electron chi connectivity index (χ3n) is 3.88. The van der Waals surface area contributed by atoms with Crippen LogP contribution in [0.1, 0.15) is 20.9 Å². The van der Waals surface area contributed by atoms with E-state index in [0.29, 0.717) is 22.0 Å². The zero-order chi connectivity index (χ0) is 20.3. The number of aryl methyl sites for hydroxylation is 2. The van der Waals surface area contributed by atoms with Gasteiger partial charge in [-0.2, -0.15) is 0 Å². The number of carbonyl (C=O) groups excluding carboxylic acids is 1. The van der Waals surface area contributed by atoms with E-state index in [2.05, 4.69) is 15.0 Å². The molecule has 3 rings (SSSR count). The fourth-order valence-corrected chi connectivity index (χ4v) is 4.62. The van der Waals surface area contributed by atoms with Crippen LogP contribution >= 0.6 is 11.3 Å². The molecule has 0 saturated heterocycles. The smallest absolute Gasteiger partial charge is 0.267 e. The molecule has 0 atom stereocenters. The molecule has 0 aliphatic rings. The summed E-state index contributed by atoms with van der Waals surface area (Å²) in [6, 6.07) is 13.4. The molecule has 28 heavy (non-hydrogen) atoms. The topological polar surface area (TPSA) is 97.4 Å². The molecule has 3 aromatic rings. The minimum Gasteiger partial charge on any atom is -0.495 e. The van der Waals surface area contributed by atoms with Crippen LogP contribution in [0.4, 0.5) is 10.8 Å². The molecule has 1 heterocycles. The summed E-state index contributed by atoms with van der Waals surface area (Å²) in [5, 5.41) is 2.91. The molecule has 146 valence electrons. The molecule has 0 spiro atoms. The lowest BCUT2D eigenvalue weighted by Crippen LogP contribution is -2.12. The number of hydrogen-bond acceptors (Lipinski definition) is 6. The van der Waals surface area contributed by atoms with Crippen LogP contribution < -0.4 is 14.8 Å². The van der Waals surface area contributed by atoms with E-state index >= 15 is 0 Å². The molecule has 1 aromatic heterocycles. The molecule has 0 fully saturated rings. The Morgan fingerprint density at radius 2 is 1.82 bits per heavy atom. The van der Waals surface area contributed by atoms with Gasteiger partial charge in [0.25, 0.3) is 15.9 Å². The SMILES string of the molecule is COc1cc(C)ccc1NC(=O)c1sc(NS(=O)(=O)c2ccccc2)nc1C. The number of benzene rings is 2. The lowest BCUT2D eigenvalue weighted by Gasteiger charge is -2.10. The predicted molar refractivity (Wildman–Crippen MR) is 110 cm³/mol. The van der Waals surface area contributed by atoms with E-state index < -0.39 is 10.0 Å². The van der Waals surface area contributed by atoms with Crippen LogP contribution in [0.3, 0.4) is 0 Å². The predicted octanol–water partition coefficient (Wildman–Crippen LogP) is 3.82. The van der Waals surface area contributed by atoms with Gasteiger partial charge in [0.2, 0.25) is 0 Å². The Balaban J connectivity index is 1.81. The highest BCUT2D eigenvalue weighted by molar-refractivity contribution is 7.93. The van der Waals surface area contributed by atoms with Gasteiger partial charge < -0.3 is 10.1 Å². The summed E-state index contributed by atoms with van der Waals surface area (Å²) in [5.74, 6) is 0.155. The number of amides is 1. The van der Waals surface area contributed by atoms with Crippen molar-refractivity contribution in [3.05, 3.63) is 64.7 Å². The van der Waals surface area contributed by atoms with Crippen molar-refractivity contribution in [1.82, 2.24) is 4.98 Å². The van der Waals surface area contributed by atoms with Crippen molar-refractivity contribution in [1.29, 1.82) is 0 Å². The van der Waals surface area contributed by atoms with E-state index in [1.165, 1.54) is 19.2 Å². The molecule has 1 amide bonds. The number of ether oxygens (including phenoxy) is 1. The molecule has 0 unspecified atom stereocenters. The molecular formula is C19H19N3O4S2. The van der Waals surface area contributed by atoms with Crippen molar-refractivity contribution in [3.63, 3.8) is 0 Å². The van der Waals surface area contributed by atoms with Crippen LogP contribution in [0.5, 0.6) is 5.75 Å². The maximum absolute atomic E-state index is 12.7. The van der Waals surface area contributed by atoms with E-state index in [1.807, 2.05) is 19.1 Å². The van der Waals surface area contributed by atoms with Crippen LogP contribution in [-0.2, 0) is 10.0 Å². The van der Waals surface area contributed by atoms with E-state index in [9.17, 15) is 13.2 Å². The number of rotatable bonds is 6. The third-order valence-corrected chi connectivity index (χ3v) is 6.44. The quantitative estimate of drug-likeness (QED) is 0.635. The Morgan fingerprint density at radius 1 is 1.11 bits per heavy atom. The highest BCUT2D eigenvalue weighted by Gasteiger charge is 2.21. The molecule has 0 aliphatic heterocycles. The first-order valence-corrected chi connectivity index (χ1v) is 10.6. The van der Waals surface area contributed by atoms with Gasteiger partial charge >= 0.3 is 0 Å². The number of thiazole rings is 1. The Hall–Kier alpha value is -2.91. The third kappa shape index (κ3) is 4.32. The zero-order valence-corrected chi connectivity index (χ0v) is 17.1. The van der Waals surface area contributed by atoms with Gasteiger partial charge in [0.05, 0.1) is 23.4 Å². The molecule has 7 nitrogen and oxygen atoms in total. The number of nitrogens with one attached hydrogen (secondary N) is 2. The minimum absolute atomic E-state index is 0.123. The standard InChI is InChI=1S/C19H19N3O4S2/c1-12-9-10-15(16(11-12)26-3)21-18(23)17-13(2)20-19(27-17)22-28(24,25)14-7-5-4-6-8-14/h4-11H,1-3H3,(H,20,22)(H,21,23). The summed E-state index contributed by atoms with van der Waals surface area (Å²) in [4.78, 5) is 17.3. The van der Waals surface area contributed by atoms with Gasteiger partial charge in [-0.3, -0.25) is 9.52 Å². The number of aromatic nitrogens is 1. The second-order valence-electron chi connectivity index (χ2n) is 6.01. The number of sulfonamides is 1. The van der Waals surface area contributed by atoms with Gasteiger partial charge in [0.15, 0.2) is 5.13 Å². The van der Waals surface area contributed by atoms with Crippen molar-refractivity contribution in [2.24, 2.45) is 0 Å². The first-order valence-electron chi connectivity index (χ1n) is 8.31. The monoisotopic (exact) mass is 417 g/mol. The fraction of sp³-hybridized carbons (Fsp3) is 0.158. The van der Waals surface area contributed by atoms with E-state index in [1.54, 1.807) is 31.2 Å². The van der Waals surface area contributed by atoms with Gasteiger partial charge in [-0.1, -0.05) is 35.6 Å². The molecule has 2 aromatic carbocycles. The van der Waals surface area contributed by atoms with Crippen molar-refractivity contribution in [2.45, 2.75) is 18.7 Å². The Labute approximate surface area is 167 Å². The van der Waals surface area contributed by atoms with Crippen LogP contribution in [0.15, 0.2) is 53.4 Å². The summed E-state index contributed by atoms with van der Waals surface area (Å²) >= 11 is 0.971. The van der Waals surface area contributed by atoms with Crippen LogP contribution in [0.2, 0.25) is 0 Å². The number of nitrogens with zero attached hydrogens (tertiary/aromatic N) is 1. The maximum atomic E-state index is 12.7. The van der Waals surface area contributed by atoms with Crippen LogP contribution in [0.25, 0.3) is 0 Å². The highest BCUT2D eigenvalue weighted by atomic mass is 32.2.